The summed E-state index contributed by atoms with van der Waals surface area (Å²) in [5, 5.41) is 42.7. The second-order valence-corrected chi connectivity index (χ2v) is 21.2. The lowest BCUT2D eigenvalue weighted by molar-refractivity contribution is -0.290. The third-order valence-electron chi connectivity index (χ3n) is 13.0. The molecule has 2 aliphatic heterocycles. The van der Waals surface area contributed by atoms with Gasteiger partial charge in [0.05, 0.1) is 24.6 Å². The van der Waals surface area contributed by atoms with E-state index in [-0.39, 0.29) is 23.9 Å². The van der Waals surface area contributed by atoms with E-state index >= 15 is 0 Å². The molecular formula is C52H84N6O6. The van der Waals surface area contributed by atoms with Gasteiger partial charge in [-0.1, -0.05) is 77.0 Å². The van der Waals surface area contributed by atoms with E-state index in [9.17, 15) is 20.0 Å². The zero-order chi connectivity index (χ0) is 46.6. The molecule has 2 aromatic rings. The minimum atomic E-state index is -0.466. The summed E-state index contributed by atoms with van der Waals surface area (Å²) in [6.07, 6.45) is 21.7. The third kappa shape index (κ3) is 18.7. The van der Waals surface area contributed by atoms with Gasteiger partial charge in [0.1, 0.15) is 11.5 Å². The molecule has 2 aromatic carbocycles. The molecule has 2 saturated heterocycles. The summed E-state index contributed by atoms with van der Waals surface area (Å²) in [5.41, 5.74) is -0.321. The van der Waals surface area contributed by atoms with Crippen molar-refractivity contribution in [3.63, 3.8) is 0 Å². The van der Waals surface area contributed by atoms with Crippen molar-refractivity contribution in [2.45, 2.75) is 231 Å². The van der Waals surface area contributed by atoms with Crippen LogP contribution in [0.1, 0.15) is 197 Å². The maximum atomic E-state index is 12.6. The number of hydrogen-bond donors (Lipinski definition) is 2. The first-order valence-corrected chi connectivity index (χ1v) is 24.8. The molecule has 0 spiro atoms. The zero-order valence-corrected chi connectivity index (χ0v) is 41.0. The Hall–Kier alpha value is -3.58. The average molecular weight is 889 g/mol. The summed E-state index contributed by atoms with van der Waals surface area (Å²) in [6.45, 7) is 17.1. The topological polar surface area (TPSA) is 148 Å². The average Bonchev–Trinajstić information content (AvgIpc) is 3.22. The number of rotatable bonds is 28. The number of carbonyl (C=O) groups is 2. The molecule has 0 saturated carbocycles. The molecule has 12 nitrogen and oxygen atoms in total. The van der Waals surface area contributed by atoms with Crippen molar-refractivity contribution in [1.82, 2.24) is 20.8 Å². The number of benzene rings is 2. The predicted octanol–water partition coefficient (Wildman–Crippen LogP) is 12.8. The summed E-state index contributed by atoms with van der Waals surface area (Å²) < 4.78 is 11.9. The predicted molar refractivity (Wildman–Crippen MR) is 255 cm³/mol. The first-order valence-electron chi connectivity index (χ1n) is 24.8. The summed E-state index contributed by atoms with van der Waals surface area (Å²) >= 11 is 0. The molecule has 2 heterocycles. The minimum Gasteiger partial charge on any atom is -0.494 e. The Labute approximate surface area is 386 Å². The second kappa shape index (κ2) is 25.9. The van der Waals surface area contributed by atoms with E-state index in [1.807, 2.05) is 104 Å². The number of ether oxygens (including phenoxy) is 2. The van der Waals surface area contributed by atoms with E-state index in [4.69, 9.17) is 9.47 Å². The number of carbonyl (C=O) groups excluding carboxylic acids is 2. The highest BCUT2D eigenvalue weighted by Gasteiger charge is 2.47. The molecule has 0 atom stereocenters. The fraction of sp³-hybridized carbons (Fsp3) is 0.731. The van der Waals surface area contributed by atoms with Crippen molar-refractivity contribution in [3.05, 3.63) is 48.5 Å². The third-order valence-corrected chi connectivity index (χ3v) is 13.0. The highest BCUT2D eigenvalue weighted by atomic mass is 16.5. The van der Waals surface area contributed by atoms with Gasteiger partial charge in [0.25, 0.3) is 0 Å². The Balaban J connectivity index is 0.931. The molecule has 0 aromatic heterocycles. The van der Waals surface area contributed by atoms with E-state index in [1.165, 1.54) is 48.7 Å². The van der Waals surface area contributed by atoms with Crippen LogP contribution < -0.4 is 20.1 Å². The Morgan fingerprint density at radius 3 is 1.03 bits per heavy atom. The van der Waals surface area contributed by atoms with Gasteiger partial charge >= 0.3 is 0 Å². The van der Waals surface area contributed by atoms with E-state index in [0.29, 0.717) is 51.7 Å². The highest BCUT2D eigenvalue weighted by Crippen LogP contribution is 2.38. The van der Waals surface area contributed by atoms with Crippen LogP contribution in [0.5, 0.6) is 11.5 Å². The van der Waals surface area contributed by atoms with E-state index < -0.39 is 22.2 Å². The lowest BCUT2D eigenvalue weighted by Gasteiger charge is -2.50. The highest BCUT2D eigenvalue weighted by molar-refractivity contribution is 5.76. The summed E-state index contributed by atoms with van der Waals surface area (Å²) in [4.78, 5) is 25.1. The molecule has 4 rings (SSSR count). The first kappa shape index (κ1) is 53.0. The van der Waals surface area contributed by atoms with Gasteiger partial charge in [0.2, 0.25) is 11.8 Å². The Kier molecular flexibility index (Phi) is 21.5. The molecule has 2 aliphatic rings. The van der Waals surface area contributed by atoms with Gasteiger partial charge in [0.15, 0.2) is 0 Å². The fourth-order valence-corrected chi connectivity index (χ4v) is 9.94. The van der Waals surface area contributed by atoms with E-state index in [0.717, 1.165) is 87.1 Å². The maximum Gasteiger partial charge on any atom is 0.220 e. The normalized spacial score (nSPS) is 18.8. The molecular weight excluding hydrogens is 805 g/mol. The van der Waals surface area contributed by atoms with E-state index in [2.05, 4.69) is 20.9 Å². The number of azo groups is 1. The van der Waals surface area contributed by atoms with Gasteiger partial charge in [-0.3, -0.25) is 9.59 Å². The van der Waals surface area contributed by atoms with Gasteiger partial charge in [-0.05, 0) is 155 Å². The number of piperidine rings is 2. The number of unbranched alkanes of at least 4 members (excludes halogenated alkanes) is 14. The molecule has 0 bridgehead atoms. The van der Waals surface area contributed by atoms with Gasteiger partial charge in [-0.25, -0.2) is 0 Å². The summed E-state index contributed by atoms with van der Waals surface area (Å²) in [7, 11) is 0. The molecule has 2 N–H and O–H groups in total. The van der Waals surface area contributed by atoms with Crippen LogP contribution in [0, 0.1) is 0 Å². The van der Waals surface area contributed by atoms with Crippen molar-refractivity contribution >= 4 is 23.2 Å². The Morgan fingerprint density at radius 1 is 0.469 bits per heavy atom. The first-order chi connectivity index (χ1) is 30.4. The second-order valence-electron chi connectivity index (χ2n) is 21.2. The molecule has 2 amide bonds. The van der Waals surface area contributed by atoms with Crippen LogP contribution in [0.2, 0.25) is 0 Å². The smallest absolute Gasteiger partial charge is 0.220 e. The van der Waals surface area contributed by atoms with Crippen molar-refractivity contribution in [3.8, 4) is 11.5 Å². The largest absolute Gasteiger partial charge is 0.494 e. The van der Waals surface area contributed by atoms with Crippen molar-refractivity contribution in [2.24, 2.45) is 10.2 Å². The molecule has 358 valence electrons. The van der Waals surface area contributed by atoms with Gasteiger partial charge in [-0.2, -0.15) is 10.2 Å². The van der Waals surface area contributed by atoms with E-state index in [1.54, 1.807) is 0 Å². The zero-order valence-electron chi connectivity index (χ0n) is 41.0. The minimum absolute atomic E-state index is 0.0610. The van der Waals surface area contributed by atoms with Crippen LogP contribution in [-0.4, -0.2) is 69.4 Å². The van der Waals surface area contributed by atoms with Crippen molar-refractivity contribution in [2.75, 3.05) is 13.2 Å². The molecule has 0 aliphatic carbocycles. The van der Waals surface area contributed by atoms with Crippen LogP contribution >= 0.6 is 0 Å². The maximum absolute atomic E-state index is 12.6. The van der Waals surface area contributed by atoms with Crippen molar-refractivity contribution < 1.29 is 29.5 Å². The monoisotopic (exact) mass is 889 g/mol. The number of hydroxylamine groups is 4. The quantitative estimate of drug-likeness (QED) is 0.0642. The van der Waals surface area contributed by atoms with Crippen LogP contribution in [0.4, 0.5) is 11.4 Å². The van der Waals surface area contributed by atoms with Crippen LogP contribution in [0.3, 0.4) is 0 Å². The van der Waals surface area contributed by atoms with Crippen molar-refractivity contribution in [1.29, 1.82) is 0 Å². The molecule has 12 heteroatoms. The van der Waals surface area contributed by atoms with Crippen LogP contribution in [-0.2, 0) is 20.0 Å². The Morgan fingerprint density at radius 2 is 0.734 bits per heavy atom. The molecule has 64 heavy (non-hydrogen) atoms. The van der Waals surface area contributed by atoms with Gasteiger partial charge < -0.3 is 20.1 Å². The molecule has 2 fully saturated rings. The molecule has 2 radical (unpaired) electrons. The van der Waals surface area contributed by atoms with Gasteiger partial charge in [-0.15, -0.1) is 20.5 Å². The lowest BCUT2D eigenvalue weighted by atomic mass is 9.79. The summed E-state index contributed by atoms with van der Waals surface area (Å²) in [6, 6.07) is 15.6. The fourth-order valence-electron chi connectivity index (χ4n) is 9.94. The summed E-state index contributed by atoms with van der Waals surface area (Å²) in [5.74, 6) is 1.90. The number of amides is 2. The number of nitrogens with one attached hydrogen (secondary N) is 2. The number of hydrogen-bond acceptors (Lipinski definition) is 8. The lowest BCUT2D eigenvalue weighted by Crippen LogP contribution is -2.62. The SMILES string of the molecule is CC1(C)CC(NC(=O)CCCCCCCCCCOc2ccc(N=Nc3ccc(OCCCCCCCCCCC(=O)NC4CC(C)(C)N([O])C(C)(C)C4)cc3)cc2)CC(C)(C)N1[O]. The van der Waals surface area contributed by atoms with Crippen LogP contribution in [0.25, 0.3) is 0 Å². The van der Waals surface area contributed by atoms with Crippen LogP contribution in [0.15, 0.2) is 58.8 Å². The van der Waals surface area contributed by atoms with Gasteiger partial charge in [0, 0.05) is 47.1 Å². The standard InChI is InChI=1S/C52H84N6O6/c1-49(2)37-43(38-50(3,4)57(49)61)53-47(59)25-21-17-13-9-11-15-19-23-35-63-45-31-27-41(28-32-45)55-56-42-29-33-46(34-30-42)64-36-24-20-16-12-10-14-18-22-26-48(60)54-44-39-51(5,6)58(62)52(7,8)40-44/h27-34,43-44H,9-26,35-40H2,1-8H3,(H,53,59)(H,54,60). The Bertz CT molecular complexity index is 1540. The molecule has 0 unspecified atom stereocenters. The number of nitrogens with zero attached hydrogens (tertiary/aromatic N) is 4.